The number of rotatable bonds is 5. The lowest BCUT2D eigenvalue weighted by Gasteiger charge is -2.20. The molecule has 0 radical (unpaired) electrons. The van der Waals surface area contributed by atoms with Gasteiger partial charge in [0.25, 0.3) is 0 Å². The monoisotopic (exact) mass is 314 g/mol. The van der Waals surface area contributed by atoms with Crippen molar-refractivity contribution in [3.8, 4) is 5.88 Å². The van der Waals surface area contributed by atoms with Crippen molar-refractivity contribution in [1.29, 1.82) is 0 Å². The average molecular weight is 314 g/mol. The van der Waals surface area contributed by atoms with Crippen molar-refractivity contribution < 1.29 is 14.3 Å². The van der Waals surface area contributed by atoms with Gasteiger partial charge in [-0.25, -0.2) is 4.79 Å². The van der Waals surface area contributed by atoms with Gasteiger partial charge in [0.1, 0.15) is 11.4 Å². The van der Waals surface area contributed by atoms with Crippen LogP contribution in [0, 0.1) is 0 Å². The number of anilines is 1. The van der Waals surface area contributed by atoms with Crippen molar-refractivity contribution in [2.24, 2.45) is 0 Å². The molecular formula is C18H22N2O3. The predicted molar refractivity (Wildman–Crippen MR) is 89.7 cm³/mol. The molecule has 1 N–H and O–H groups in total. The van der Waals surface area contributed by atoms with Gasteiger partial charge in [-0.3, -0.25) is 0 Å². The van der Waals surface area contributed by atoms with Crippen LogP contribution in [0.5, 0.6) is 5.88 Å². The minimum absolute atomic E-state index is 0.365. The van der Waals surface area contributed by atoms with Crippen LogP contribution in [0.1, 0.15) is 36.7 Å². The van der Waals surface area contributed by atoms with Gasteiger partial charge >= 0.3 is 5.97 Å². The van der Waals surface area contributed by atoms with Gasteiger partial charge in [0, 0.05) is 12.6 Å². The molecular weight excluding hydrogens is 292 g/mol. The number of esters is 1. The van der Waals surface area contributed by atoms with E-state index in [2.05, 4.69) is 10.3 Å². The molecule has 0 amide bonds. The van der Waals surface area contributed by atoms with E-state index in [4.69, 9.17) is 9.47 Å². The maximum absolute atomic E-state index is 12.2. The van der Waals surface area contributed by atoms with E-state index in [1.165, 1.54) is 7.11 Å². The Balaban J connectivity index is 2.16. The van der Waals surface area contributed by atoms with Gasteiger partial charge in [0.05, 0.1) is 12.7 Å². The van der Waals surface area contributed by atoms with Gasteiger partial charge in [-0.05, 0) is 32.4 Å². The van der Waals surface area contributed by atoms with Gasteiger partial charge in [0.15, 0.2) is 0 Å². The van der Waals surface area contributed by atoms with Gasteiger partial charge < -0.3 is 14.8 Å². The molecule has 1 heterocycles. The van der Waals surface area contributed by atoms with E-state index in [1.54, 1.807) is 12.1 Å². The predicted octanol–water partition coefficient (Wildman–Crippen LogP) is 3.66. The second-order valence-corrected chi connectivity index (χ2v) is 6.12. The Labute approximate surface area is 136 Å². The Morgan fingerprint density at radius 1 is 1.17 bits per heavy atom. The number of hydrogen-bond acceptors (Lipinski definition) is 5. The van der Waals surface area contributed by atoms with Crippen LogP contribution in [0.2, 0.25) is 0 Å². The third-order valence-corrected chi connectivity index (χ3v) is 2.96. The smallest absolute Gasteiger partial charge is 0.338 e. The zero-order valence-corrected chi connectivity index (χ0v) is 13.9. The topological polar surface area (TPSA) is 60.5 Å². The summed E-state index contributed by atoms with van der Waals surface area (Å²) >= 11 is 0. The summed E-state index contributed by atoms with van der Waals surface area (Å²) in [4.78, 5) is 16.5. The Bertz CT molecular complexity index is 664. The molecule has 2 aromatic rings. The molecule has 0 bridgehead atoms. The average Bonchev–Trinajstić information content (AvgIpc) is 2.52. The maximum atomic E-state index is 12.2. The number of carbonyl (C=O) groups excluding carboxylic acids is 1. The number of hydrogen-bond donors (Lipinski definition) is 1. The zero-order valence-electron chi connectivity index (χ0n) is 13.9. The molecule has 0 aliphatic heterocycles. The first kappa shape index (κ1) is 16.8. The summed E-state index contributed by atoms with van der Waals surface area (Å²) in [6, 6.07) is 13.2. The fourth-order valence-corrected chi connectivity index (χ4v) is 1.94. The number of pyridine rings is 1. The van der Waals surface area contributed by atoms with Crippen LogP contribution in [-0.4, -0.2) is 23.7 Å². The Morgan fingerprint density at radius 3 is 2.48 bits per heavy atom. The minimum Gasteiger partial charge on any atom is -0.481 e. The second-order valence-electron chi connectivity index (χ2n) is 6.12. The van der Waals surface area contributed by atoms with Gasteiger partial charge in [-0.15, -0.1) is 0 Å². The molecule has 23 heavy (non-hydrogen) atoms. The van der Waals surface area contributed by atoms with Gasteiger partial charge in [-0.2, -0.15) is 4.98 Å². The lowest BCUT2D eigenvalue weighted by molar-refractivity contribution is 0.00690. The Kier molecular flexibility index (Phi) is 5.21. The van der Waals surface area contributed by atoms with Crippen LogP contribution in [0.15, 0.2) is 42.5 Å². The van der Waals surface area contributed by atoms with E-state index in [0.29, 0.717) is 23.8 Å². The lowest BCUT2D eigenvalue weighted by atomic mass is 10.2. The first-order chi connectivity index (χ1) is 10.9. The highest BCUT2D eigenvalue weighted by molar-refractivity contribution is 5.90. The fraction of sp³-hybridized carbons (Fsp3) is 0.333. The van der Waals surface area contributed by atoms with Crippen molar-refractivity contribution in [3.05, 3.63) is 53.6 Å². The summed E-state index contributed by atoms with van der Waals surface area (Å²) < 4.78 is 10.6. The lowest BCUT2D eigenvalue weighted by Crippen LogP contribution is -2.24. The van der Waals surface area contributed by atoms with E-state index >= 15 is 0 Å². The highest BCUT2D eigenvalue weighted by Gasteiger charge is 2.19. The van der Waals surface area contributed by atoms with Crippen molar-refractivity contribution in [3.63, 3.8) is 0 Å². The first-order valence-corrected chi connectivity index (χ1v) is 7.44. The summed E-state index contributed by atoms with van der Waals surface area (Å²) in [5.41, 5.74) is 0.976. The molecule has 1 aromatic carbocycles. The van der Waals surface area contributed by atoms with Crippen LogP contribution in [0.25, 0.3) is 0 Å². The van der Waals surface area contributed by atoms with E-state index < -0.39 is 11.6 Å². The van der Waals surface area contributed by atoms with Gasteiger partial charge in [0.2, 0.25) is 5.88 Å². The van der Waals surface area contributed by atoms with Crippen molar-refractivity contribution in [2.45, 2.75) is 32.9 Å². The number of benzene rings is 1. The quantitative estimate of drug-likeness (QED) is 0.854. The third kappa shape index (κ3) is 5.29. The molecule has 0 saturated heterocycles. The second kappa shape index (κ2) is 7.13. The largest absolute Gasteiger partial charge is 0.481 e. The standard InChI is InChI=1S/C18H22N2O3/c1-18(2,3)23-17(21)14-10-15(20-16(11-14)22-4)19-12-13-8-6-5-7-9-13/h5-11H,12H2,1-4H3,(H,19,20). The number of carbonyl (C=O) groups is 1. The summed E-state index contributed by atoms with van der Waals surface area (Å²) in [7, 11) is 1.52. The number of nitrogens with one attached hydrogen (secondary N) is 1. The highest BCUT2D eigenvalue weighted by atomic mass is 16.6. The summed E-state index contributed by atoms with van der Waals surface area (Å²) in [5, 5.41) is 3.19. The van der Waals surface area contributed by atoms with E-state index in [0.717, 1.165) is 5.56 Å². The molecule has 5 heteroatoms. The summed E-state index contributed by atoms with van der Waals surface area (Å²) in [6.07, 6.45) is 0. The normalized spacial score (nSPS) is 11.0. The number of nitrogens with zero attached hydrogens (tertiary/aromatic N) is 1. The SMILES string of the molecule is COc1cc(C(=O)OC(C)(C)C)cc(NCc2ccccc2)n1. The Morgan fingerprint density at radius 2 is 1.87 bits per heavy atom. The summed E-state index contributed by atoms with van der Waals surface area (Å²) in [5.74, 6) is 0.527. The molecule has 0 atom stereocenters. The Hall–Kier alpha value is -2.56. The molecule has 0 spiro atoms. The van der Waals surface area contributed by atoms with E-state index in [9.17, 15) is 4.79 Å². The molecule has 0 fully saturated rings. The highest BCUT2D eigenvalue weighted by Crippen LogP contribution is 2.20. The molecule has 2 rings (SSSR count). The van der Waals surface area contributed by atoms with Crippen molar-refractivity contribution in [2.75, 3.05) is 12.4 Å². The third-order valence-electron chi connectivity index (χ3n) is 2.96. The zero-order chi connectivity index (χ0) is 16.9. The maximum Gasteiger partial charge on any atom is 0.338 e. The van der Waals surface area contributed by atoms with Gasteiger partial charge in [-0.1, -0.05) is 30.3 Å². The van der Waals surface area contributed by atoms with Crippen LogP contribution in [-0.2, 0) is 11.3 Å². The van der Waals surface area contributed by atoms with Crippen molar-refractivity contribution in [1.82, 2.24) is 4.98 Å². The molecule has 5 nitrogen and oxygen atoms in total. The van der Waals surface area contributed by atoms with Crippen LogP contribution < -0.4 is 10.1 Å². The van der Waals surface area contributed by atoms with E-state index in [-0.39, 0.29) is 0 Å². The number of ether oxygens (including phenoxy) is 2. The van der Waals surface area contributed by atoms with Crippen molar-refractivity contribution >= 4 is 11.8 Å². The molecule has 122 valence electrons. The first-order valence-electron chi connectivity index (χ1n) is 7.44. The van der Waals surface area contributed by atoms with Crippen LogP contribution in [0.4, 0.5) is 5.82 Å². The number of aromatic nitrogens is 1. The van der Waals surface area contributed by atoms with Crippen LogP contribution in [0.3, 0.4) is 0 Å². The molecule has 0 aliphatic rings. The molecule has 0 aliphatic carbocycles. The molecule has 1 aromatic heterocycles. The fourth-order valence-electron chi connectivity index (χ4n) is 1.94. The minimum atomic E-state index is -0.550. The molecule has 0 saturated carbocycles. The molecule has 0 unspecified atom stereocenters. The van der Waals surface area contributed by atoms with E-state index in [1.807, 2.05) is 51.1 Å². The number of methoxy groups -OCH3 is 1. The summed E-state index contributed by atoms with van der Waals surface area (Å²) in [6.45, 7) is 6.10. The van der Waals surface area contributed by atoms with Crippen LogP contribution >= 0.6 is 0 Å².